The van der Waals surface area contributed by atoms with Crippen LogP contribution in [0.4, 0.5) is 0 Å². The Kier molecular flexibility index (Phi) is 4.81. The molecule has 1 heterocycles. The summed E-state index contributed by atoms with van der Waals surface area (Å²) in [4.78, 5) is 4.98. The lowest BCUT2D eigenvalue weighted by molar-refractivity contribution is 0.415. The van der Waals surface area contributed by atoms with Gasteiger partial charge < -0.3 is 9.84 Å². The van der Waals surface area contributed by atoms with Crippen molar-refractivity contribution in [2.75, 3.05) is 7.11 Å². The van der Waals surface area contributed by atoms with Crippen LogP contribution in [0.3, 0.4) is 0 Å². The molecule has 0 aliphatic carbocycles. The van der Waals surface area contributed by atoms with Crippen LogP contribution in [0.15, 0.2) is 84.9 Å². The predicted octanol–water partition coefficient (Wildman–Crippen LogP) is 6.11. The Hall–Kier alpha value is -3.59. The van der Waals surface area contributed by atoms with E-state index in [1.807, 2.05) is 42.5 Å². The quantitative estimate of drug-likeness (QED) is 0.473. The number of aryl methyl sites for hydroxylation is 1. The van der Waals surface area contributed by atoms with E-state index in [9.17, 15) is 5.11 Å². The topological polar surface area (TPSA) is 42.4 Å². The molecule has 0 spiro atoms. The van der Waals surface area contributed by atoms with Crippen molar-refractivity contribution >= 4 is 0 Å². The van der Waals surface area contributed by atoms with Gasteiger partial charge in [0, 0.05) is 16.7 Å². The molecule has 138 valence electrons. The average molecular weight is 367 g/mol. The summed E-state index contributed by atoms with van der Waals surface area (Å²) in [6, 6.07) is 27.6. The molecule has 3 aromatic carbocycles. The van der Waals surface area contributed by atoms with Gasteiger partial charge in [0.1, 0.15) is 11.5 Å². The Balaban J connectivity index is 1.87. The first kappa shape index (κ1) is 17.8. The van der Waals surface area contributed by atoms with Gasteiger partial charge in [-0.1, -0.05) is 48.0 Å². The number of phenolic OH excluding ortho intramolecular Hbond substituents is 1. The normalized spacial score (nSPS) is 10.6. The first-order valence-corrected chi connectivity index (χ1v) is 9.16. The lowest BCUT2D eigenvalue weighted by atomic mass is 9.97. The van der Waals surface area contributed by atoms with Crippen LogP contribution < -0.4 is 4.74 Å². The fraction of sp³-hybridized carbons (Fsp3) is 0.0800. The van der Waals surface area contributed by atoms with Crippen molar-refractivity contribution in [1.82, 2.24) is 4.98 Å². The molecule has 28 heavy (non-hydrogen) atoms. The zero-order valence-corrected chi connectivity index (χ0v) is 15.9. The highest BCUT2D eigenvalue weighted by Gasteiger charge is 2.12. The third kappa shape index (κ3) is 3.60. The molecule has 0 saturated carbocycles. The van der Waals surface area contributed by atoms with Crippen LogP contribution in [0, 0.1) is 6.92 Å². The van der Waals surface area contributed by atoms with Gasteiger partial charge in [0.25, 0.3) is 0 Å². The average Bonchev–Trinajstić information content (AvgIpc) is 2.74. The molecule has 0 fully saturated rings. The van der Waals surface area contributed by atoms with Crippen LogP contribution in [0.2, 0.25) is 0 Å². The summed E-state index contributed by atoms with van der Waals surface area (Å²) < 4.78 is 5.28. The van der Waals surface area contributed by atoms with Crippen molar-refractivity contribution in [1.29, 1.82) is 0 Å². The second-order valence-electron chi connectivity index (χ2n) is 6.73. The van der Waals surface area contributed by atoms with E-state index in [0.29, 0.717) is 0 Å². The number of aromatic hydroxyl groups is 1. The smallest absolute Gasteiger partial charge is 0.118 e. The monoisotopic (exact) mass is 367 g/mol. The summed E-state index contributed by atoms with van der Waals surface area (Å²) in [5.74, 6) is 1.06. The van der Waals surface area contributed by atoms with Crippen LogP contribution >= 0.6 is 0 Å². The molecule has 0 aliphatic heterocycles. The van der Waals surface area contributed by atoms with Crippen molar-refractivity contribution in [3.05, 3.63) is 90.5 Å². The van der Waals surface area contributed by atoms with Crippen LogP contribution in [0.5, 0.6) is 11.5 Å². The van der Waals surface area contributed by atoms with Crippen molar-refractivity contribution in [3.63, 3.8) is 0 Å². The standard InChI is InChI=1S/C25H21NO2/c1-17-3-5-19(6-4-17)24-16-15-23(18-9-13-22(28-2)14-10-18)25(26-24)20-7-11-21(27)12-8-20/h3-16,27H,1-2H3. The van der Waals surface area contributed by atoms with Gasteiger partial charge in [-0.3, -0.25) is 0 Å². The summed E-state index contributed by atoms with van der Waals surface area (Å²) in [6.07, 6.45) is 0. The highest BCUT2D eigenvalue weighted by atomic mass is 16.5. The van der Waals surface area contributed by atoms with Crippen LogP contribution in [-0.2, 0) is 0 Å². The molecule has 3 nitrogen and oxygen atoms in total. The van der Waals surface area contributed by atoms with Crippen LogP contribution in [0.1, 0.15) is 5.56 Å². The van der Waals surface area contributed by atoms with Gasteiger partial charge in [-0.05, 0) is 55.0 Å². The largest absolute Gasteiger partial charge is 0.508 e. The maximum atomic E-state index is 9.67. The maximum absolute atomic E-state index is 9.67. The molecule has 0 saturated heterocycles. The van der Waals surface area contributed by atoms with E-state index in [0.717, 1.165) is 39.4 Å². The van der Waals surface area contributed by atoms with E-state index in [1.165, 1.54) is 5.56 Å². The van der Waals surface area contributed by atoms with E-state index >= 15 is 0 Å². The van der Waals surface area contributed by atoms with Gasteiger partial charge in [0.2, 0.25) is 0 Å². The molecular formula is C25H21NO2. The number of ether oxygens (including phenoxy) is 1. The first-order chi connectivity index (χ1) is 13.6. The molecule has 0 radical (unpaired) electrons. The number of aromatic nitrogens is 1. The van der Waals surface area contributed by atoms with Crippen molar-refractivity contribution < 1.29 is 9.84 Å². The molecule has 1 N–H and O–H groups in total. The molecule has 3 heteroatoms. The van der Waals surface area contributed by atoms with Crippen molar-refractivity contribution in [2.45, 2.75) is 6.92 Å². The Labute approximate surface area is 164 Å². The number of hydrogen-bond donors (Lipinski definition) is 1. The fourth-order valence-electron chi connectivity index (χ4n) is 3.19. The number of hydrogen-bond acceptors (Lipinski definition) is 3. The summed E-state index contributed by atoms with van der Waals surface area (Å²) in [6.45, 7) is 2.08. The van der Waals surface area contributed by atoms with E-state index in [2.05, 4.69) is 37.3 Å². The Morgan fingerprint density at radius 1 is 0.679 bits per heavy atom. The van der Waals surface area contributed by atoms with Crippen molar-refractivity contribution in [3.8, 4) is 45.1 Å². The van der Waals surface area contributed by atoms with Crippen molar-refractivity contribution in [2.24, 2.45) is 0 Å². The molecule has 0 unspecified atom stereocenters. The SMILES string of the molecule is COc1ccc(-c2ccc(-c3ccc(C)cc3)nc2-c2ccc(O)cc2)cc1. The predicted molar refractivity (Wildman–Crippen MR) is 113 cm³/mol. The van der Waals surface area contributed by atoms with E-state index in [-0.39, 0.29) is 5.75 Å². The highest BCUT2D eigenvalue weighted by Crippen LogP contribution is 2.34. The first-order valence-electron chi connectivity index (χ1n) is 9.16. The minimum absolute atomic E-state index is 0.240. The zero-order valence-electron chi connectivity index (χ0n) is 15.9. The highest BCUT2D eigenvalue weighted by molar-refractivity contribution is 5.83. The van der Waals surface area contributed by atoms with Gasteiger partial charge in [0.05, 0.1) is 18.5 Å². The summed E-state index contributed by atoms with van der Waals surface area (Å²) in [5.41, 5.74) is 7.14. The maximum Gasteiger partial charge on any atom is 0.118 e. The second kappa shape index (κ2) is 7.57. The minimum Gasteiger partial charge on any atom is -0.508 e. The van der Waals surface area contributed by atoms with Gasteiger partial charge >= 0.3 is 0 Å². The Bertz CT molecular complexity index is 1080. The Morgan fingerprint density at radius 3 is 1.93 bits per heavy atom. The van der Waals surface area contributed by atoms with E-state index in [1.54, 1.807) is 19.2 Å². The van der Waals surface area contributed by atoms with Crippen LogP contribution in [-0.4, -0.2) is 17.2 Å². The van der Waals surface area contributed by atoms with Gasteiger partial charge in [-0.25, -0.2) is 4.98 Å². The minimum atomic E-state index is 0.240. The van der Waals surface area contributed by atoms with E-state index < -0.39 is 0 Å². The molecule has 0 atom stereocenters. The molecule has 0 bridgehead atoms. The number of phenols is 1. The van der Waals surface area contributed by atoms with Crippen LogP contribution in [0.25, 0.3) is 33.6 Å². The van der Waals surface area contributed by atoms with Gasteiger partial charge in [0.15, 0.2) is 0 Å². The summed E-state index contributed by atoms with van der Waals surface area (Å²) in [7, 11) is 1.66. The zero-order chi connectivity index (χ0) is 19.5. The molecule has 0 aliphatic rings. The molecule has 4 rings (SSSR count). The number of pyridine rings is 1. The Morgan fingerprint density at radius 2 is 1.29 bits per heavy atom. The third-order valence-corrected chi connectivity index (χ3v) is 4.78. The fourth-order valence-corrected chi connectivity index (χ4v) is 3.19. The number of rotatable bonds is 4. The van der Waals surface area contributed by atoms with Gasteiger partial charge in [-0.15, -0.1) is 0 Å². The molecule has 0 amide bonds. The van der Waals surface area contributed by atoms with E-state index in [4.69, 9.17) is 9.72 Å². The molecule has 4 aromatic rings. The number of benzene rings is 3. The summed E-state index contributed by atoms with van der Waals surface area (Å²) >= 11 is 0. The lowest BCUT2D eigenvalue weighted by Crippen LogP contribution is -1.93. The third-order valence-electron chi connectivity index (χ3n) is 4.78. The van der Waals surface area contributed by atoms with Gasteiger partial charge in [-0.2, -0.15) is 0 Å². The molecular weight excluding hydrogens is 346 g/mol. The number of nitrogens with zero attached hydrogens (tertiary/aromatic N) is 1. The lowest BCUT2D eigenvalue weighted by Gasteiger charge is -2.13. The molecule has 1 aromatic heterocycles. The number of methoxy groups -OCH3 is 1. The summed E-state index contributed by atoms with van der Waals surface area (Å²) in [5, 5.41) is 9.67. The second-order valence-corrected chi connectivity index (χ2v) is 6.73.